The van der Waals surface area contributed by atoms with Crippen molar-refractivity contribution in [1.29, 1.82) is 0 Å². The first kappa shape index (κ1) is 17.5. The molecule has 0 saturated heterocycles. The van der Waals surface area contributed by atoms with Crippen molar-refractivity contribution >= 4 is 28.7 Å². The van der Waals surface area contributed by atoms with Gasteiger partial charge >= 0.3 is 0 Å². The zero-order valence-electron chi connectivity index (χ0n) is 14.7. The van der Waals surface area contributed by atoms with E-state index in [0.29, 0.717) is 5.69 Å². The lowest BCUT2D eigenvalue weighted by molar-refractivity contribution is 0.630. The number of rotatable bonds is 4. The van der Waals surface area contributed by atoms with Gasteiger partial charge in [-0.2, -0.15) is 0 Å². The van der Waals surface area contributed by atoms with Crippen molar-refractivity contribution in [3.05, 3.63) is 121 Å². The number of hydrogen-bond donors (Lipinski definition) is 0. The van der Waals surface area contributed by atoms with E-state index in [-0.39, 0.29) is 5.82 Å². The quantitative estimate of drug-likeness (QED) is 0.412. The van der Waals surface area contributed by atoms with Crippen LogP contribution in [0, 0.1) is 5.82 Å². The maximum absolute atomic E-state index is 14.6. The zero-order valence-corrected chi connectivity index (χ0v) is 15.6. The van der Waals surface area contributed by atoms with Gasteiger partial charge in [0.2, 0.25) is 0 Å². The van der Waals surface area contributed by atoms with Gasteiger partial charge in [-0.1, -0.05) is 103 Å². The molecule has 0 aliphatic carbocycles. The Morgan fingerprint density at radius 3 is 1.26 bits per heavy atom. The van der Waals surface area contributed by atoms with Crippen molar-refractivity contribution in [2.75, 3.05) is 0 Å². The Balaban J connectivity index is 2.15. The standard InChI is InChI=1S/C24H19FNP/c25-23-18-10-11-19-24(23)26-27(20-12-4-1-5-13-20,21-14-6-2-7-15-21)22-16-8-3-9-17-22/h1-19H. The van der Waals surface area contributed by atoms with E-state index in [2.05, 4.69) is 36.4 Å². The molecule has 0 saturated carbocycles. The van der Waals surface area contributed by atoms with E-state index in [1.165, 1.54) is 6.07 Å². The molecular weight excluding hydrogens is 352 g/mol. The fourth-order valence-electron chi connectivity index (χ4n) is 3.25. The minimum Gasteiger partial charge on any atom is -0.251 e. The normalized spacial score (nSPS) is 11.1. The first-order valence-electron chi connectivity index (χ1n) is 8.84. The molecule has 132 valence electrons. The summed E-state index contributed by atoms with van der Waals surface area (Å²) in [5.41, 5.74) is 0.391. The second-order valence-electron chi connectivity index (χ2n) is 6.19. The van der Waals surface area contributed by atoms with Crippen molar-refractivity contribution in [3.63, 3.8) is 0 Å². The summed E-state index contributed by atoms with van der Waals surface area (Å²) in [6.45, 7) is 0. The lowest BCUT2D eigenvalue weighted by Crippen LogP contribution is -2.25. The molecule has 0 aromatic heterocycles. The molecule has 4 aromatic rings. The van der Waals surface area contributed by atoms with Gasteiger partial charge in [0.15, 0.2) is 0 Å². The molecule has 3 heteroatoms. The maximum Gasteiger partial charge on any atom is 0.148 e. The zero-order chi connectivity index (χ0) is 18.5. The molecule has 0 heterocycles. The van der Waals surface area contributed by atoms with Crippen LogP contribution < -0.4 is 15.9 Å². The van der Waals surface area contributed by atoms with Crippen LogP contribution in [0.2, 0.25) is 0 Å². The SMILES string of the molecule is Fc1ccccc1N=P(c1ccccc1)(c1ccccc1)c1ccccc1. The van der Waals surface area contributed by atoms with Crippen molar-refractivity contribution < 1.29 is 4.39 Å². The second kappa shape index (κ2) is 7.73. The molecular formula is C24H19FNP. The van der Waals surface area contributed by atoms with Crippen LogP contribution in [0.15, 0.2) is 120 Å². The van der Waals surface area contributed by atoms with Gasteiger partial charge in [0, 0.05) is 15.9 Å². The Labute approximate surface area is 159 Å². The smallest absolute Gasteiger partial charge is 0.148 e. The van der Waals surface area contributed by atoms with Crippen LogP contribution in [0.3, 0.4) is 0 Å². The summed E-state index contributed by atoms with van der Waals surface area (Å²) in [5.74, 6) is -0.301. The monoisotopic (exact) mass is 371 g/mol. The first-order valence-corrected chi connectivity index (χ1v) is 10.6. The summed E-state index contributed by atoms with van der Waals surface area (Å²) in [6, 6.07) is 37.4. The third kappa shape index (κ3) is 3.37. The van der Waals surface area contributed by atoms with E-state index in [0.717, 1.165) is 15.9 Å². The van der Waals surface area contributed by atoms with Gasteiger partial charge in [0.1, 0.15) is 5.82 Å². The molecule has 27 heavy (non-hydrogen) atoms. The van der Waals surface area contributed by atoms with Crippen molar-refractivity contribution in [1.82, 2.24) is 0 Å². The summed E-state index contributed by atoms with van der Waals surface area (Å²) in [5, 5.41) is 3.31. The molecule has 1 nitrogen and oxygen atoms in total. The highest BCUT2D eigenvalue weighted by molar-refractivity contribution is 7.87. The molecule has 0 N–H and O–H groups in total. The average molecular weight is 371 g/mol. The Kier molecular flexibility index (Phi) is 5.00. The van der Waals surface area contributed by atoms with Gasteiger partial charge in [0.25, 0.3) is 0 Å². The maximum atomic E-state index is 14.6. The van der Waals surface area contributed by atoms with E-state index in [9.17, 15) is 4.39 Å². The average Bonchev–Trinajstić information content (AvgIpc) is 2.75. The Morgan fingerprint density at radius 1 is 0.481 bits per heavy atom. The molecule has 0 aliphatic rings. The predicted molar refractivity (Wildman–Crippen MR) is 114 cm³/mol. The van der Waals surface area contributed by atoms with Crippen molar-refractivity contribution in [2.24, 2.45) is 4.74 Å². The van der Waals surface area contributed by atoms with Crippen LogP contribution in [-0.2, 0) is 0 Å². The van der Waals surface area contributed by atoms with E-state index >= 15 is 0 Å². The molecule has 0 atom stereocenters. The topological polar surface area (TPSA) is 12.4 Å². The molecule has 0 bridgehead atoms. The fraction of sp³-hybridized carbons (Fsp3) is 0. The summed E-state index contributed by atoms with van der Waals surface area (Å²) >= 11 is 0. The van der Waals surface area contributed by atoms with Gasteiger partial charge in [-0.15, -0.1) is 0 Å². The van der Waals surface area contributed by atoms with Crippen molar-refractivity contribution in [2.45, 2.75) is 0 Å². The summed E-state index contributed by atoms with van der Waals surface area (Å²) in [4.78, 5) is 0. The first-order chi connectivity index (χ1) is 13.3. The Morgan fingerprint density at radius 2 is 0.852 bits per heavy atom. The lowest BCUT2D eigenvalue weighted by atomic mass is 10.3. The second-order valence-corrected chi connectivity index (χ2v) is 9.21. The van der Waals surface area contributed by atoms with E-state index in [1.54, 1.807) is 12.1 Å². The third-order valence-electron chi connectivity index (χ3n) is 4.50. The number of benzene rings is 4. The molecule has 0 fully saturated rings. The van der Waals surface area contributed by atoms with E-state index < -0.39 is 7.05 Å². The van der Waals surface area contributed by atoms with Crippen LogP contribution in [0.1, 0.15) is 0 Å². The summed E-state index contributed by atoms with van der Waals surface area (Å²) in [6.07, 6.45) is 0. The van der Waals surface area contributed by atoms with Gasteiger partial charge in [-0.05, 0) is 12.1 Å². The number of nitrogens with zero attached hydrogens (tertiary/aromatic N) is 1. The lowest BCUT2D eigenvalue weighted by Gasteiger charge is -2.27. The predicted octanol–water partition coefficient (Wildman–Crippen LogP) is 5.63. The van der Waals surface area contributed by atoms with E-state index in [1.807, 2.05) is 60.7 Å². The molecule has 0 amide bonds. The number of hydrogen-bond acceptors (Lipinski definition) is 1. The van der Waals surface area contributed by atoms with Gasteiger partial charge in [-0.3, -0.25) is 4.74 Å². The molecule has 0 aliphatic heterocycles. The van der Waals surface area contributed by atoms with Crippen LogP contribution in [0.4, 0.5) is 10.1 Å². The minimum absolute atomic E-state index is 0.301. The molecule has 4 rings (SSSR count). The van der Waals surface area contributed by atoms with Crippen LogP contribution in [-0.4, -0.2) is 0 Å². The fourth-order valence-corrected chi connectivity index (χ4v) is 6.78. The Bertz CT molecular complexity index is 973. The minimum atomic E-state index is -2.42. The number of halogens is 1. The molecule has 0 unspecified atom stereocenters. The molecule has 0 spiro atoms. The molecule has 0 radical (unpaired) electrons. The van der Waals surface area contributed by atoms with Crippen LogP contribution in [0.5, 0.6) is 0 Å². The van der Waals surface area contributed by atoms with Gasteiger partial charge < -0.3 is 0 Å². The summed E-state index contributed by atoms with van der Waals surface area (Å²) in [7, 11) is -2.42. The van der Waals surface area contributed by atoms with Gasteiger partial charge in [0.05, 0.1) is 12.7 Å². The van der Waals surface area contributed by atoms with Crippen LogP contribution in [0.25, 0.3) is 0 Å². The highest BCUT2D eigenvalue weighted by atomic mass is 31.2. The van der Waals surface area contributed by atoms with Gasteiger partial charge in [-0.25, -0.2) is 4.39 Å². The molecule has 4 aromatic carbocycles. The van der Waals surface area contributed by atoms with Crippen molar-refractivity contribution in [3.8, 4) is 0 Å². The largest absolute Gasteiger partial charge is 0.251 e. The van der Waals surface area contributed by atoms with Crippen LogP contribution >= 0.6 is 7.05 Å². The summed E-state index contributed by atoms with van der Waals surface area (Å²) < 4.78 is 19.7. The Hall–Kier alpha value is -2.96. The third-order valence-corrected chi connectivity index (χ3v) is 8.15. The highest BCUT2D eigenvalue weighted by Crippen LogP contribution is 2.49. The highest BCUT2D eigenvalue weighted by Gasteiger charge is 2.27. The van der Waals surface area contributed by atoms with E-state index in [4.69, 9.17) is 4.74 Å².